The average molecular weight is 263 g/mol. The molecular formula is C14H14FNOS. The van der Waals surface area contributed by atoms with Gasteiger partial charge in [-0.3, -0.25) is 4.79 Å². The van der Waals surface area contributed by atoms with Gasteiger partial charge in [-0.1, -0.05) is 12.1 Å². The molecule has 0 saturated carbocycles. The Balaban J connectivity index is 1.93. The van der Waals surface area contributed by atoms with Crippen LogP contribution in [0.4, 0.5) is 4.39 Å². The van der Waals surface area contributed by atoms with Crippen molar-refractivity contribution in [3.63, 3.8) is 0 Å². The molecule has 0 saturated heterocycles. The minimum atomic E-state index is -0.258. The van der Waals surface area contributed by atoms with E-state index in [9.17, 15) is 9.18 Å². The van der Waals surface area contributed by atoms with E-state index in [1.54, 1.807) is 35.4 Å². The Morgan fingerprint density at radius 3 is 2.56 bits per heavy atom. The van der Waals surface area contributed by atoms with Crippen LogP contribution in [0.5, 0.6) is 0 Å². The Morgan fingerprint density at radius 2 is 1.94 bits per heavy atom. The van der Waals surface area contributed by atoms with E-state index in [4.69, 9.17) is 0 Å². The topological polar surface area (TPSA) is 20.3 Å². The monoisotopic (exact) mass is 263 g/mol. The van der Waals surface area contributed by atoms with Crippen molar-refractivity contribution in [2.24, 2.45) is 0 Å². The van der Waals surface area contributed by atoms with Crippen LogP contribution in [0.1, 0.15) is 11.1 Å². The van der Waals surface area contributed by atoms with E-state index in [2.05, 4.69) is 0 Å². The number of carbonyl (C=O) groups is 1. The number of benzene rings is 1. The van der Waals surface area contributed by atoms with Crippen molar-refractivity contribution in [2.75, 3.05) is 7.05 Å². The molecule has 2 aromatic rings. The number of rotatable bonds is 4. The third-order valence-electron chi connectivity index (χ3n) is 2.69. The average Bonchev–Trinajstić information content (AvgIpc) is 2.85. The number of nitrogens with zero attached hydrogens (tertiary/aromatic N) is 1. The van der Waals surface area contributed by atoms with Gasteiger partial charge in [0.2, 0.25) is 5.91 Å². The van der Waals surface area contributed by atoms with Crippen LogP contribution in [0.15, 0.2) is 41.1 Å². The predicted octanol–water partition coefficient (Wildman–Crippen LogP) is 3.09. The SMILES string of the molecule is CN(Cc1ccc(F)cc1)C(=O)Cc1ccsc1. The lowest BCUT2D eigenvalue weighted by molar-refractivity contribution is -0.129. The zero-order chi connectivity index (χ0) is 13.0. The molecule has 1 heterocycles. The molecule has 0 spiro atoms. The number of carbonyl (C=O) groups excluding carboxylic acids is 1. The summed E-state index contributed by atoms with van der Waals surface area (Å²) in [7, 11) is 1.76. The number of thiophene rings is 1. The fraction of sp³-hybridized carbons (Fsp3) is 0.214. The second-order valence-corrected chi connectivity index (χ2v) is 4.96. The van der Waals surface area contributed by atoms with E-state index in [0.29, 0.717) is 13.0 Å². The Morgan fingerprint density at radius 1 is 1.22 bits per heavy atom. The maximum atomic E-state index is 12.8. The smallest absolute Gasteiger partial charge is 0.227 e. The Bertz CT molecular complexity index is 507. The van der Waals surface area contributed by atoms with Crippen LogP contribution < -0.4 is 0 Å². The first-order valence-electron chi connectivity index (χ1n) is 5.64. The van der Waals surface area contributed by atoms with Crippen molar-refractivity contribution >= 4 is 17.2 Å². The maximum absolute atomic E-state index is 12.8. The first-order chi connectivity index (χ1) is 8.65. The van der Waals surface area contributed by atoms with Crippen molar-refractivity contribution in [2.45, 2.75) is 13.0 Å². The molecule has 94 valence electrons. The minimum absolute atomic E-state index is 0.0673. The van der Waals surface area contributed by atoms with E-state index >= 15 is 0 Å². The zero-order valence-corrected chi connectivity index (χ0v) is 10.9. The van der Waals surface area contributed by atoms with Crippen LogP contribution in [-0.2, 0) is 17.8 Å². The Kier molecular flexibility index (Phi) is 4.10. The molecular weight excluding hydrogens is 249 g/mol. The van der Waals surface area contributed by atoms with Gasteiger partial charge < -0.3 is 4.90 Å². The van der Waals surface area contributed by atoms with E-state index in [1.165, 1.54) is 12.1 Å². The molecule has 0 aliphatic heterocycles. The maximum Gasteiger partial charge on any atom is 0.227 e. The molecule has 2 rings (SSSR count). The van der Waals surface area contributed by atoms with Crippen molar-refractivity contribution in [1.82, 2.24) is 4.90 Å². The first kappa shape index (κ1) is 12.8. The lowest BCUT2D eigenvalue weighted by Crippen LogP contribution is -2.27. The van der Waals surface area contributed by atoms with Gasteiger partial charge in [0, 0.05) is 13.6 Å². The summed E-state index contributed by atoms with van der Waals surface area (Å²) >= 11 is 1.59. The molecule has 1 amide bonds. The molecule has 0 fully saturated rings. The highest BCUT2D eigenvalue weighted by Crippen LogP contribution is 2.10. The van der Waals surface area contributed by atoms with Crippen LogP contribution in [0, 0.1) is 5.82 Å². The molecule has 0 N–H and O–H groups in total. The Labute approximate surface area is 110 Å². The number of halogens is 1. The quantitative estimate of drug-likeness (QED) is 0.830. The normalized spacial score (nSPS) is 10.3. The third kappa shape index (κ3) is 3.40. The molecule has 0 aliphatic carbocycles. The van der Waals surface area contributed by atoms with Crippen LogP contribution in [0.25, 0.3) is 0 Å². The van der Waals surface area contributed by atoms with Crippen molar-refractivity contribution in [3.8, 4) is 0 Å². The number of hydrogen-bond acceptors (Lipinski definition) is 2. The molecule has 0 radical (unpaired) electrons. The molecule has 4 heteroatoms. The van der Waals surface area contributed by atoms with Crippen molar-refractivity contribution in [1.29, 1.82) is 0 Å². The van der Waals surface area contributed by atoms with Gasteiger partial charge in [0.05, 0.1) is 6.42 Å². The zero-order valence-electron chi connectivity index (χ0n) is 10.1. The second-order valence-electron chi connectivity index (χ2n) is 4.18. The molecule has 0 bridgehead atoms. The van der Waals surface area contributed by atoms with Gasteiger partial charge in [-0.15, -0.1) is 0 Å². The number of hydrogen-bond donors (Lipinski definition) is 0. The summed E-state index contributed by atoms with van der Waals surface area (Å²) < 4.78 is 12.8. The molecule has 0 atom stereocenters. The Hall–Kier alpha value is -1.68. The highest BCUT2D eigenvalue weighted by molar-refractivity contribution is 7.07. The van der Waals surface area contributed by atoms with Crippen LogP contribution in [0.3, 0.4) is 0 Å². The minimum Gasteiger partial charge on any atom is -0.341 e. The van der Waals surface area contributed by atoms with E-state index < -0.39 is 0 Å². The summed E-state index contributed by atoms with van der Waals surface area (Å²) in [5, 5.41) is 3.94. The molecule has 1 aromatic carbocycles. The molecule has 0 aliphatic rings. The fourth-order valence-electron chi connectivity index (χ4n) is 1.65. The standard InChI is InChI=1S/C14H14FNOS/c1-16(9-11-2-4-13(15)5-3-11)14(17)8-12-6-7-18-10-12/h2-7,10H,8-9H2,1H3. The second kappa shape index (κ2) is 5.78. The van der Waals surface area contributed by atoms with Gasteiger partial charge >= 0.3 is 0 Å². The van der Waals surface area contributed by atoms with Crippen molar-refractivity contribution in [3.05, 3.63) is 58.0 Å². The predicted molar refractivity (Wildman–Crippen MR) is 70.9 cm³/mol. The van der Waals surface area contributed by atoms with Gasteiger partial charge in [0.1, 0.15) is 5.82 Å². The van der Waals surface area contributed by atoms with Gasteiger partial charge in [-0.2, -0.15) is 11.3 Å². The summed E-state index contributed by atoms with van der Waals surface area (Å²) in [6.07, 6.45) is 0.418. The summed E-state index contributed by atoms with van der Waals surface area (Å²) in [5.74, 6) is -0.191. The molecule has 2 nitrogen and oxygen atoms in total. The third-order valence-corrected chi connectivity index (χ3v) is 3.43. The summed E-state index contributed by atoms with van der Waals surface area (Å²) in [5.41, 5.74) is 1.97. The summed E-state index contributed by atoms with van der Waals surface area (Å²) in [4.78, 5) is 13.6. The molecule has 0 unspecified atom stereocenters. The fourth-order valence-corrected chi connectivity index (χ4v) is 2.32. The van der Waals surface area contributed by atoms with E-state index in [-0.39, 0.29) is 11.7 Å². The lowest BCUT2D eigenvalue weighted by atomic mass is 10.2. The lowest BCUT2D eigenvalue weighted by Gasteiger charge is -2.17. The van der Waals surface area contributed by atoms with Crippen LogP contribution in [-0.4, -0.2) is 17.9 Å². The largest absolute Gasteiger partial charge is 0.341 e. The van der Waals surface area contributed by atoms with Gasteiger partial charge in [0.15, 0.2) is 0 Å². The van der Waals surface area contributed by atoms with E-state index in [1.807, 2.05) is 16.8 Å². The summed E-state index contributed by atoms with van der Waals surface area (Å²) in [6.45, 7) is 0.503. The number of amides is 1. The van der Waals surface area contributed by atoms with Crippen molar-refractivity contribution < 1.29 is 9.18 Å². The van der Waals surface area contributed by atoms with Crippen LogP contribution >= 0.6 is 11.3 Å². The highest BCUT2D eigenvalue weighted by Gasteiger charge is 2.10. The van der Waals surface area contributed by atoms with Gasteiger partial charge in [0.25, 0.3) is 0 Å². The van der Waals surface area contributed by atoms with Crippen LogP contribution in [0.2, 0.25) is 0 Å². The molecule has 1 aromatic heterocycles. The van der Waals surface area contributed by atoms with Gasteiger partial charge in [-0.05, 0) is 40.1 Å². The number of likely N-dealkylation sites (N-methyl/N-ethyl adjacent to an activating group) is 1. The van der Waals surface area contributed by atoms with Gasteiger partial charge in [-0.25, -0.2) is 4.39 Å². The highest BCUT2D eigenvalue weighted by atomic mass is 32.1. The summed E-state index contributed by atoms with van der Waals surface area (Å²) in [6, 6.07) is 8.17. The van der Waals surface area contributed by atoms with E-state index in [0.717, 1.165) is 11.1 Å². The molecule has 18 heavy (non-hydrogen) atoms. The first-order valence-corrected chi connectivity index (χ1v) is 6.59.